The van der Waals surface area contributed by atoms with Crippen LogP contribution in [0.15, 0.2) is 0 Å². The molecule has 0 amide bonds. The first-order valence-corrected chi connectivity index (χ1v) is 15.1. The van der Waals surface area contributed by atoms with E-state index in [9.17, 15) is 9.90 Å². The van der Waals surface area contributed by atoms with Crippen molar-refractivity contribution in [2.45, 2.75) is 150 Å². The van der Waals surface area contributed by atoms with Crippen LogP contribution in [0.3, 0.4) is 0 Å². The van der Waals surface area contributed by atoms with Crippen molar-refractivity contribution in [3.8, 4) is 0 Å². The first-order chi connectivity index (χ1) is 16.5. The van der Waals surface area contributed by atoms with Gasteiger partial charge in [-0.3, -0.25) is 4.79 Å². The van der Waals surface area contributed by atoms with Crippen LogP contribution < -0.4 is 0 Å². The third-order valence-corrected chi connectivity index (χ3v) is 13.5. The van der Waals surface area contributed by atoms with Gasteiger partial charge in [0.2, 0.25) is 0 Å². The number of rotatable bonds is 3. The predicted molar refractivity (Wildman–Crippen MR) is 143 cm³/mol. The van der Waals surface area contributed by atoms with Crippen LogP contribution in [0.2, 0.25) is 0 Å². The largest absolute Gasteiger partial charge is 0.462 e. The zero-order valence-electron chi connectivity index (χ0n) is 24.7. The number of aliphatic hydroxyl groups is 1. The lowest BCUT2D eigenvalue weighted by atomic mass is 9.35. The SMILES string of the molecule is CC(=O)O[C@H]1CC[C@]2(C)[C@H]3CC[C@@H]4[C@H]([C@@]5(C)CC[C@H](C(C)(C)O)O5)CC[C@@]4(C)[C@]3(C)CC[C@H]2C1(C)C. The molecule has 0 aromatic rings. The van der Waals surface area contributed by atoms with Crippen LogP contribution in [0.1, 0.15) is 127 Å². The smallest absolute Gasteiger partial charge is 0.302 e. The quantitative estimate of drug-likeness (QED) is 0.411. The van der Waals surface area contributed by atoms with Gasteiger partial charge in [0.05, 0.1) is 17.3 Å². The molecule has 0 unspecified atom stereocenters. The Morgan fingerprint density at radius 1 is 0.806 bits per heavy atom. The van der Waals surface area contributed by atoms with E-state index in [0.717, 1.165) is 25.2 Å². The molecule has 10 atom stereocenters. The lowest BCUT2D eigenvalue weighted by Crippen LogP contribution is -2.64. The van der Waals surface area contributed by atoms with E-state index in [1.807, 2.05) is 13.8 Å². The second-order valence-corrected chi connectivity index (χ2v) is 15.9. The number of carbonyl (C=O) groups is 1. The number of ether oxygens (including phenoxy) is 2. The van der Waals surface area contributed by atoms with Crippen LogP contribution >= 0.6 is 0 Å². The molecule has 4 aliphatic carbocycles. The predicted octanol–water partition coefficient (Wildman–Crippen LogP) is 7.31. The molecule has 0 bridgehead atoms. The molecule has 1 heterocycles. The van der Waals surface area contributed by atoms with Crippen LogP contribution in [0.25, 0.3) is 0 Å². The summed E-state index contributed by atoms with van der Waals surface area (Å²) in [5.74, 6) is 2.49. The molecule has 4 nitrogen and oxygen atoms in total. The summed E-state index contributed by atoms with van der Waals surface area (Å²) in [7, 11) is 0. The second kappa shape index (κ2) is 8.20. The lowest BCUT2D eigenvalue weighted by Gasteiger charge is -2.70. The average molecular weight is 503 g/mol. The Balaban J connectivity index is 1.42. The molecule has 5 aliphatic rings. The number of hydrogen-bond acceptors (Lipinski definition) is 4. The van der Waals surface area contributed by atoms with Crippen molar-refractivity contribution in [1.29, 1.82) is 0 Å². The Bertz CT molecular complexity index is 889. The monoisotopic (exact) mass is 502 g/mol. The van der Waals surface area contributed by atoms with Gasteiger partial charge >= 0.3 is 5.97 Å². The highest BCUT2D eigenvalue weighted by Crippen LogP contribution is 2.76. The van der Waals surface area contributed by atoms with E-state index in [2.05, 4.69) is 41.5 Å². The van der Waals surface area contributed by atoms with Gasteiger partial charge in [0, 0.05) is 12.3 Å². The summed E-state index contributed by atoms with van der Waals surface area (Å²) in [5.41, 5.74) is 0.122. The van der Waals surface area contributed by atoms with Crippen LogP contribution in [-0.4, -0.2) is 34.5 Å². The van der Waals surface area contributed by atoms with Crippen LogP contribution in [0.5, 0.6) is 0 Å². The van der Waals surface area contributed by atoms with Gasteiger partial charge in [0.25, 0.3) is 0 Å². The van der Waals surface area contributed by atoms with Crippen LogP contribution in [0, 0.1) is 45.3 Å². The molecule has 0 radical (unpaired) electrons. The molecule has 1 saturated heterocycles. The van der Waals surface area contributed by atoms with E-state index < -0.39 is 5.60 Å². The minimum atomic E-state index is -0.770. The third kappa shape index (κ3) is 3.62. The van der Waals surface area contributed by atoms with E-state index in [0.29, 0.717) is 34.0 Å². The van der Waals surface area contributed by atoms with Crippen LogP contribution in [0.4, 0.5) is 0 Å². The summed E-state index contributed by atoms with van der Waals surface area (Å²) >= 11 is 0. The number of hydrogen-bond donors (Lipinski definition) is 1. The van der Waals surface area contributed by atoms with Crippen molar-refractivity contribution in [1.82, 2.24) is 0 Å². The fourth-order valence-corrected chi connectivity index (χ4v) is 11.5. The van der Waals surface area contributed by atoms with Crippen molar-refractivity contribution in [3.05, 3.63) is 0 Å². The molecule has 0 aromatic carbocycles. The maximum absolute atomic E-state index is 11.9. The zero-order chi connectivity index (χ0) is 26.5. The summed E-state index contributed by atoms with van der Waals surface area (Å²) in [6.45, 7) is 20.4. The molecule has 1 N–H and O–H groups in total. The molecule has 5 rings (SSSR count). The Morgan fingerprint density at radius 3 is 2.08 bits per heavy atom. The summed E-state index contributed by atoms with van der Waals surface area (Å²) in [6.07, 6.45) is 11.9. The van der Waals surface area contributed by atoms with E-state index in [4.69, 9.17) is 9.47 Å². The standard InChI is InChI=1S/C32H54O4/c1-20(33)35-25-14-16-29(6)23(27(25,2)3)13-18-31(8)24(29)11-10-21-22(12-17-30(21,31)7)32(9)19-15-26(36-32)28(4,5)34/h21-26,34H,10-19H2,1-9H3/t21-,22-,23+,24-,25+,26-,29+,30-,31-,32-/m1/s1. The van der Waals surface area contributed by atoms with Crippen molar-refractivity contribution in [2.75, 3.05) is 0 Å². The minimum absolute atomic E-state index is 0.0211. The van der Waals surface area contributed by atoms with Gasteiger partial charge in [0.15, 0.2) is 0 Å². The third-order valence-electron chi connectivity index (χ3n) is 13.5. The normalized spacial score (nSPS) is 52.3. The molecule has 36 heavy (non-hydrogen) atoms. The molecular weight excluding hydrogens is 448 g/mol. The molecule has 0 aromatic heterocycles. The molecule has 5 fully saturated rings. The highest BCUT2D eigenvalue weighted by molar-refractivity contribution is 5.66. The maximum atomic E-state index is 11.9. The topological polar surface area (TPSA) is 55.8 Å². The molecule has 1 aliphatic heterocycles. The van der Waals surface area contributed by atoms with E-state index in [-0.39, 0.29) is 29.2 Å². The highest BCUT2D eigenvalue weighted by atomic mass is 16.5. The Morgan fingerprint density at radius 2 is 1.47 bits per heavy atom. The van der Waals surface area contributed by atoms with E-state index >= 15 is 0 Å². The Kier molecular flexibility index (Phi) is 6.14. The first kappa shape index (κ1) is 27.0. The summed E-state index contributed by atoms with van der Waals surface area (Å²) in [5, 5.41) is 10.7. The van der Waals surface area contributed by atoms with Gasteiger partial charge in [-0.05, 0) is 125 Å². The van der Waals surface area contributed by atoms with E-state index in [1.165, 1.54) is 44.9 Å². The maximum Gasteiger partial charge on any atom is 0.302 e. The second-order valence-electron chi connectivity index (χ2n) is 15.9. The average Bonchev–Trinajstić information content (AvgIpc) is 3.32. The summed E-state index contributed by atoms with van der Waals surface area (Å²) < 4.78 is 12.6. The molecular formula is C32H54O4. The Hall–Kier alpha value is -0.610. The Labute approximate surface area is 220 Å². The van der Waals surface area contributed by atoms with Gasteiger partial charge in [-0.25, -0.2) is 0 Å². The van der Waals surface area contributed by atoms with Crippen molar-refractivity contribution in [2.24, 2.45) is 45.3 Å². The number of esters is 1. The fraction of sp³-hybridized carbons (Fsp3) is 0.969. The summed E-state index contributed by atoms with van der Waals surface area (Å²) in [4.78, 5) is 11.9. The van der Waals surface area contributed by atoms with Gasteiger partial charge < -0.3 is 14.6 Å². The van der Waals surface area contributed by atoms with Crippen molar-refractivity contribution >= 4 is 5.97 Å². The fourth-order valence-electron chi connectivity index (χ4n) is 11.5. The molecule has 4 saturated carbocycles. The molecule has 4 heteroatoms. The number of carbonyl (C=O) groups excluding carboxylic acids is 1. The molecule has 206 valence electrons. The van der Waals surface area contributed by atoms with Gasteiger partial charge in [-0.1, -0.05) is 34.6 Å². The zero-order valence-corrected chi connectivity index (χ0v) is 24.7. The first-order valence-electron chi connectivity index (χ1n) is 15.1. The lowest BCUT2D eigenvalue weighted by molar-refractivity contribution is -0.231. The highest BCUT2D eigenvalue weighted by Gasteiger charge is 2.70. The minimum Gasteiger partial charge on any atom is -0.462 e. The van der Waals surface area contributed by atoms with Gasteiger partial charge in [-0.2, -0.15) is 0 Å². The van der Waals surface area contributed by atoms with Crippen LogP contribution in [-0.2, 0) is 14.3 Å². The van der Waals surface area contributed by atoms with Crippen molar-refractivity contribution < 1.29 is 19.4 Å². The number of fused-ring (bicyclic) bond motifs is 5. The van der Waals surface area contributed by atoms with Gasteiger partial charge in [-0.15, -0.1) is 0 Å². The summed E-state index contributed by atoms with van der Waals surface area (Å²) in [6, 6.07) is 0. The van der Waals surface area contributed by atoms with Crippen molar-refractivity contribution in [3.63, 3.8) is 0 Å². The van der Waals surface area contributed by atoms with E-state index in [1.54, 1.807) is 6.92 Å². The van der Waals surface area contributed by atoms with Gasteiger partial charge in [0.1, 0.15) is 6.10 Å². The molecule has 0 spiro atoms.